The van der Waals surface area contributed by atoms with Crippen molar-refractivity contribution in [3.63, 3.8) is 0 Å². The summed E-state index contributed by atoms with van der Waals surface area (Å²) in [6.45, 7) is 0.255. The first kappa shape index (κ1) is 12.0. The number of hydrogen-bond acceptors (Lipinski definition) is 3. The Morgan fingerprint density at radius 3 is 2.39 bits per heavy atom. The highest BCUT2D eigenvalue weighted by molar-refractivity contribution is 5.90. The van der Waals surface area contributed by atoms with Gasteiger partial charge in [0.1, 0.15) is 23.7 Å². The van der Waals surface area contributed by atoms with Gasteiger partial charge in [-0.05, 0) is 29.8 Å². The summed E-state index contributed by atoms with van der Waals surface area (Å²) in [5, 5.41) is 18.1. The second kappa shape index (κ2) is 5.23. The van der Waals surface area contributed by atoms with Crippen LogP contribution in [0.25, 0.3) is 0 Å². The van der Waals surface area contributed by atoms with E-state index in [0.717, 1.165) is 5.56 Å². The third-order valence-corrected chi connectivity index (χ3v) is 2.45. The Morgan fingerprint density at radius 1 is 1.06 bits per heavy atom. The number of aromatic hydroxyl groups is 1. The molecule has 0 fully saturated rings. The van der Waals surface area contributed by atoms with Gasteiger partial charge >= 0.3 is 5.97 Å². The van der Waals surface area contributed by atoms with Crippen LogP contribution >= 0.6 is 0 Å². The molecule has 0 aliphatic rings. The maximum atomic E-state index is 11.0. The summed E-state index contributed by atoms with van der Waals surface area (Å²) in [5.41, 5.74) is 0.990. The number of phenolic OH excluding ortho intramolecular Hbond substituents is 1. The third-order valence-electron chi connectivity index (χ3n) is 2.45. The van der Waals surface area contributed by atoms with Gasteiger partial charge in [0, 0.05) is 0 Å². The Bertz CT molecular complexity index is 546. The van der Waals surface area contributed by atoms with Crippen LogP contribution in [0.4, 0.5) is 0 Å². The number of carboxylic acid groups (broad SMARTS) is 1. The molecule has 0 unspecified atom stereocenters. The number of ether oxygens (including phenoxy) is 1. The Labute approximate surface area is 104 Å². The standard InChI is InChI=1S/C14H12O4/c15-11-7-5-10(6-8-11)9-18-13-4-2-1-3-12(13)14(16)17/h1-8,15H,9H2,(H,16,17). The van der Waals surface area contributed by atoms with E-state index >= 15 is 0 Å². The van der Waals surface area contributed by atoms with Crippen molar-refractivity contribution in [3.05, 3.63) is 59.7 Å². The minimum Gasteiger partial charge on any atom is -0.508 e. The quantitative estimate of drug-likeness (QED) is 0.867. The summed E-state index contributed by atoms with van der Waals surface area (Å²) in [7, 11) is 0. The number of carbonyl (C=O) groups is 1. The molecule has 0 aromatic heterocycles. The fourth-order valence-corrected chi connectivity index (χ4v) is 1.52. The molecule has 0 amide bonds. The molecule has 0 atom stereocenters. The van der Waals surface area contributed by atoms with Crippen LogP contribution in [0.3, 0.4) is 0 Å². The van der Waals surface area contributed by atoms with Gasteiger partial charge in [-0.1, -0.05) is 24.3 Å². The molecule has 0 saturated heterocycles. The van der Waals surface area contributed by atoms with Crippen LogP contribution < -0.4 is 4.74 Å². The summed E-state index contributed by atoms with van der Waals surface area (Å²) >= 11 is 0. The number of para-hydroxylation sites is 1. The number of phenols is 1. The topological polar surface area (TPSA) is 66.8 Å². The van der Waals surface area contributed by atoms with Gasteiger partial charge in [0.2, 0.25) is 0 Å². The first-order valence-electron chi connectivity index (χ1n) is 5.40. The number of carboxylic acids is 1. The highest BCUT2D eigenvalue weighted by Gasteiger charge is 2.09. The van der Waals surface area contributed by atoms with Gasteiger partial charge in [-0.2, -0.15) is 0 Å². The van der Waals surface area contributed by atoms with Gasteiger partial charge in [-0.15, -0.1) is 0 Å². The molecule has 18 heavy (non-hydrogen) atoms. The van der Waals surface area contributed by atoms with E-state index in [1.54, 1.807) is 42.5 Å². The van der Waals surface area contributed by atoms with E-state index in [9.17, 15) is 4.79 Å². The molecule has 0 bridgehead atoms. The van der Waals surface area contributed by atoms with E-state index in [1.165, 1.54) is 6.07 Å². The Hall–Kier alpha value is -2.49. The average molecular weight is 244 g/mol. The zero-order valence-corrected chi connectivity index (χ0v) is 9.54. The van der Waals surface area contributed by atoms with Crippen LogP contribution in [0.5, 0.6) is 11.5 Å². The van der Waals surface area contributed by atoms with Gasteiger partial charge in [0.15, 0.2) is 0 Å². The Kier molecular flexibility index (Phi) is 3.48. The molecule has 4 nitrogen and oxygen atoms in total. The largest absolute Gasteiger partial charge is 0.508 e. The zero-order chi connectivity index (χ0) is 13.0. The lowest BCUT2D eigenvalue weighted by Gasteiger charge is -2.08. The monoisotopic (exact) mass is 244 g/mol. The van der Waals surface area contributed by atoms with E-state index in [2.05, 4.69) is 0 Å². The summed E-state index contributed by atoms with van der Waals surface area (Å²) in [6.07, 6.45) is 0. The second-order valence-corrected chi connectivity index (χ2v) is 3.76. The van der Waals surface area contributed by atoms with Crippen LogP contribution in [0.1, 0.15) is 15.9 Å². The molecule has 2 aromatic rings. The van der Waals surface area contributed by atoms with Crippen molar-refractivity contribution in [1.82, 2.24) is 0 Å². The van der Waals surface area contributed by atoms with Crippen molar-refractivity contribution in [2.45, 2.75) is 6.61 Å². The Morgan fingerprint density at radius 2 is 1.72 bits per heavy atom. The van der Waals surface area contributed by atoms with Crippen molar-refractivity contribution in [3.8, 4) is 11.5 Å². The summed E-state index contributed by atoms with van der Waals surface area (Å²) in [5.74, 6) is -0.501. The predicted molar refractivity (Wildman–Crippen MR) is 65.8 cm³/mol. The first-order chi connectivity index (χ1) is 8.66. The predicted octanol–water partition coefficient (Wildman–Crippen LogP) is 2.67. The van der Waals surface area contributed by atoms with Crippen molar-refractivity contribution in [1.29, 1.82) is 0 Å². The maximum absolute atomic E-state index is 11.0. The number of benzene rings is 2. The smallest absolute Gasteiger partial charge is 0.339 e. The van der Waals surface area contributed by atoms with E-state index in [4.69, 9.17) is 14.9 Å². The molecule has 92 valence electrons. The highest BCUT2D eigenvalue weighted by Crippen LogP contribution is 2.19. The molecule has 0 aliphatic carbocycles. The van der Waals surface area contributed by atoms with Crippen molar-refractivity contribution < 1.29 is 19.7 Å². The van der Waals surface area contributed by atoms with Crippen molar-refractivity contribution >= 4 is 5.97 Å². The van der Waals surface area contributed by atoms with Crippen LogP contribution in [-0.2, 0) is 6.61 Å². The lowest BCUT2D eigenvalue weighted by atomic mass is 10.2. The molecule has 0 saturated carbocycles. The fraction of sp³-hybridized carbons (Fsp3) is 0.0714. The molecule has 0 heterocycles. The van der Waals surface area contributed by atoms with Gasteiger partial charge in [-0.25, -0.2) is 4.79 Å². The van der Waals surface area contributed by atoms with Gasteiger partial charge < -0.3 is 14.9 Å². The lowest BCUT2D eigenvalue weighted by molar-refractivity contribution is 0.0692. The molecule has 0 radical (unpaired) electrons. The summed E-state index contributed by atoms with van der Waals surface area (Å²) in [6, 6.07) is 13.0. The molecule has 0 spiro atoms. The minimum atomic E-state index is -1.02. The highest BCUT2D eigenvalue weighted by atomic mass is 16.5. The van der Waals surface area contributed by atoms with E-state index in [0.29, 0.717) is 5.75 Å². The fourth-order valence-electron chi connectivity index (χ4n) is 1.52. The molecular weight excluding hydrogens is 232 g/mol. The van der Waals surface area contributed by atoms with Gasteiger partial charge in [0.05, 0.1) is 0 Å². The van der Waals surface area contributed by atoms with Gasteiger partial charge in [0.25, 0.3) is 0 Å². The van der Waals surface area contributed by atoms with Crippen LogP contribution in [0.15, 0.2) is 48.5 Å². The molecular formula is C14H12O4. The molecule has 4 heteroatoms. The minimum absolute atomic E-state index is 0.135. The summed E-state index contributed by atoms with van der Waals surface area (Å²) < 4.78 is 5.46. The Balaban J connectivity index is 2.10. The number of rotatable bonds is 4. The maximum Gasteiger partial charge on any atom is 0.339 e. The van der Waals surface area contributed by atoms with E-state index in [-0.39, 0.29) is 17.9 Å². The molecule has 0 aliphatic heterocycles. The van der Waals surface area contributed by atoms with Crippen LogP contribution in [0.2, 0.25) is 0 Å². The SMILES string of the molecule is O=C(O)c1ccccc1OCc1ccc(O)cc1. The normalized spacial score (nSPS) is 10.0. The van der Waals surface area contributed by atoms with Crippen LogP contribution in [0, 0.1) is 0 Å². The molecule has 2 aromatic carbocycles. The van der Waals surface area contributed by atoms with Gasteiger partial charge in [-0.3, -0.25) is 0 Å². The number of hydrogen-bond donors (Lipinski definition) is 2. The van der Waals surface area contributed by atoms with Crippen molar-refractivity contribution in [2.24, 2.45) is 0 Å². The lowest BCUT2D eigenvalue weighted by Crippen LogP contribution is -2.03. The van der Waals surface area contributed by atoms with E-state index < -0.39 is 5.97 Å². The van der Waals surface area contributed by atoms with Crippen molar-refractivity contribution in [2.75, 3.05) is 0 Å². The van der Waals surface area contributed by atoms with Crippen LogP contribution in [-0.4, -0.2) is 16.2 Å². The number of aromatic carboxylic acids is 1. The molecule has 2 N–H and O–H groups in total. The zero-order valence-electron chi connectivity index (χ0n) is 9.54. The summed E-state index contributed by atoms with van der Waals surface area (Å²) in [4.78, 5) is 11.0. The average Bonchev–Trinajstić information content (AvgIpc) is 2.38. The third kappa shape index (κ3) is 2.79. The molecule has 2 rings (SSSR count). The second-order valence-electron chi connectivity index (χ2n) is 3.76. The van der Waals surface area contributed by atoms with E-state index in [1.807, 2.05) is 0 Å². The first-order valence-corrected chi connectivity index (χ1v) is 5.40.